The number of alkyl halides is 1. The van der Waals surface area contributed by atoms with Crippen LogP contribution < -0.4 is 0 Å². The number of esters is 1. The maximum Gasteiger partial charge on any atom is 0.320 e. The van der Waals surface area contributed by atoms with Gasteiger partial charge in [-0.15, -0.1) is 0 Å². The van der Waals surface area contributed by atoms with E-state index in [1.165, 1.54) is 0 Å². The average molecular weight is 175 g/mol. The number of hydrogen-bond acceptors (Lipinski definition) is 3. The molecule has 0 atom stereocenters. The van der Waals surface area contributed by atoms with E-state index in [2.05, 4.69) is 0 Å². The maximum atomic E-state index is 12.0. The second-order valence-electron chi connectivity index (χ2n) is 3.02. The minimum Gasteiger partial charge on any atom is -0.465 e. The summed E-state index contributed by atoms with van der Waals surface area (Å²) in [6.07, 6.45) is 0. The number of ether oxygens (including phenoxy) is 1. The quantitative estimate of drug-likeness (QED) is 0.581. The van der Waals surface area contributed by atoms with Crippen LogP contribution in [0.5, 0.6) is 0 Å². The van der Waals surface area contributed by atoms with Crippen LogP contribution in [0.1, 0.15) is 6.92 Å². The lowest BCUT2D eigenvalue weighted by molar-refractivity contribution is -0.146. The molecule has 0 spiro atoms. The topological polar surface area (TPSA) is 29.5 Å². The Balaban J connectivity index is 2.06. The number of hydrogen-bond donors (Lipinski definition) is 0. The molecule has 1 rings (SSSR count). The second kappa shape index (κ2) is 4.40. The standard InChI is InChI=1S/C8H14FNO2/c1-2-12-8(11)6-10-4-7(3-9)5-10/h7H,2-6H2,1H3. The lowest BCUT2D eigenvalue weighted by Crippen LogP contribution is -2.49. The van der Waals surface area contributed by atoms with E-state index in [1.807, 2.05) is 4.90 Å². The zero-order valence-electron chi connectivity index (χ0n) is 7.25. The van der Waals surface area contributed by atoms with Gasteiger partial charge in [-0.05, 0) is 6.92 Å². The van der Waals surface area contributed by atoms with E-state index in [0.29, 0.717) is 26.2 Å². The molecular formula is C8H14FNO2. The first-order valence-corrected chi connectivity index (χ1v) is 4.20. The molecule has 1 fully saturated rings. The number of nitrogens with zero attached hydrogens (tertiary/aromatic N) is 1. The van der Waals surface area contributed by atoms with Crippen LogP contribution >= 0.6 is 0 Å². The van der Waals surface area contributed by atoms with Gasteiger partial charge in [0, 0.05) is 19.0 Å². The third-order valence-corrected chi connectivity index (χ3v) is 1.91. The first kappa shape index (κ1) is 9.45. The Morgan fingerprint density at radius 2 is 2.33 bits per heavy atom. The summed E-state index contributed by atoms with van der Waals surface area (Å²) in [5.74, 6) is -0.0748. The molecule has 4 heteroatoms. The fraction of sp³-hybridized carbons (Fsp3) is 0.875. The minimum absolute atomic E-state index is 0.138. The van der Waals surface area contributed by atoms with E-state index in [1.54, 1.807) is 6.92 Å². The zero-order chi connectivity index (χ0) is 8.97. The van der Waals surface area contributed by atoms with Gasteiger partial charge in [-0.25, -0.2) is 0 Å². The van der Waals surface area contributed by atoms with Gasteiger partial charge in [0.15, 0.2) is 0 Å². The van der Waals surface area contributed by atoms with Crippen molar-refractivity contribution >= 4 is 5.97 Å². The monoisotopic (exact) mass is 175 g/mol. The van der Waals surface area contributed by atoms with Gasteiger partial charge in [0.05, 0.1) is 19.8 Å². The number of rotatable bonds is 4. The molecule has 12 heavy (non-hydrogen) atoms. The molecule has 3 nitrogen and oxygen atoms in total. The van der Waals surface area contributed by atoms with Crippen LogP contribution in [0.25, 0.3) is 0 Å². The fourth-order valence-corrected chi connectivity index (χ4v) is 1.29. The van der Waals surface area contributed by atoms with Crippen molar-refractivity contribution in [3.05, 3.63) is 0 Å². The van der Waals surface area contributed by atoms with Crippen LogP contribution in [0.2, 0.25) is 0 Å². The summed E-state index contributed by atoms with van der Waals surface area (Å²) in [5.41, 5.74) is 0. The molecule has 0 aromatic rings. The third kappa shape index (κ3) is 2.44. The van der Waals surface area contributed by atoms with E-state index < -0.39 is 0 Å². The fourth-order valence-electron chi connectivity index (χ4n) is 1.29. The Kier molecular flexibility index (Phi) is 3.47. The molecule has 0 bridgehead atoms. The molecule has 0 N–H and O–H groups in total. The summed E-state index contributed by atoms with van der Waals surface area (Å²) >= 11 is 0. The van der Waals surface area contributed by atoms with E-state index >= 15 is 0 Å². The summed E-state index contributed by atoms with van der Waals surface area (Å²) in [7, 11) is 0. The molecule has 1 heterocycles. The van der Waals surface area contributed by atoms with Gasteiger partial charge in [-0.2, -0.15) is 0 Å². The second-order valence-corrected chi connectivity index (χ2v) is 3.02. The van der Waals surface area contributed by atoms with Gasteiger partial charge in [-0.3, -0.25) is 14.1 Å². The molecular weight excluding hydrogens is 161 g/mol. The van der Waals surface area contributed by atoms with Crippen molar-refractivity contribution in [2.45, 2.75) is 6.92 Å². The average Bonchev–Trinajstić information content (AvgIpc) is 1.96. The maximum absolute atomic E-state index is 12.0. The van der Waals surface area contributed by atoms with Crippen molar-refractivity contribution in [1.29, 1.82) is 0 Å². The highest BCUT2D eigenvalue weighted by Crippen LogP contribution is 2.14. The normalized spacial score (nSPS) is 18.8. The summed E-state index contributed by atoms with van der Waals surface area (Å²) in [4.78, 5) is 12.8. The number of carbonyl (C=O) groups is 1. The Morgan fingerprint density at radius 1 is 1.67 bits per heavy atom. The largest absolute Gasteiger partial charge is 0.465 e. The van der Waals surface area contributed by atoms with Gasteiger partial charge in [0.2, 0.25) is 0 Å². The van der Waals surface area contributed by atoms with Crippen molar-refractivity contribution in [1.82, 2.24) is 4.90 Å². The molecule has 0 aromatic heterocycles. The predicted octanol–water partition coefficient (Wildman–Crippen LogP) is 0.451. The molecule has 1 aliphatic rings. The highest BCUT2D eigenvalue weighted by atomic mass is 19.1. The predicted molar refractivity (Wildman–Crippen MR) is 42.5 cm³/mol. The molecule has 1 saturated heterocycles. The first-order valence-electron chi connectivity index (χ1n) is 4.20. The highest BCUT2D eigenvalue weighted by molar-refractivity contribution is 5.71. The molecule has 0 aromatic carbocycles. The summed E-state index contributed by atoms with van der Waals surface area (Å²) < 4.78 is 16.7. The molecule has 70 valence electrons. The van der Waals surface area contributed by atoms with Gasteiger partial charge in [0.1, 0.15) is 0 Å². The van der Waals surface area contributed by atoms with Gasteiger partial charge < -0.3 is 4.74 Å². The van der Waals surface area contributed by atoms with Crippen LogP contribution in [0.4, 0.5) is 4.39 Å². The van der Waals surface area contributed by atoms with Crippen LogP contribution in [0.3, 0.4) is 0 Å². The lowest BCUT2D eigenvalue weighted by Gasteiger charge is -2.36. The van der Waals surface area contributed by atoms with E-state index in [0.717, 1.165) is 0 Å². The van der Waals surface area contributed by atoms with Gasteiger partial charge >= 0.3 is 5.97 Å². The van der Waals surface area contributed by atoms with E-state index in [9.17, 15) is 9.18 Å². The van der Waals surface area contributed by atoms with E-state index in [-0.39, 0.29) is 18.6 Å². The molecule has 0 unspecified atom stereocenters. The zero-order valence-corrected chi connectivity index (χ0v) is 7.25. The molecule has 0 aliphatic carbocycles. The number of likely N-dealkylation sites (tertiary alicyclic amines) is 1. The van der Waals surface area contributed by atoms with Crippen LogP contribution in [-0.4, -0.2) is 43.8 Å². The summed E-state index contributed by atoms with van der Waals surface area (Å²) in [5, 5.41) is 0. The van der Waals surface area contributed by atoms with Crippen LogP contribution in [-0.2, 0) is 9.53 Å². The number of halogens is 1. The van der Waals surface area contributed by atoms with Gasteiger partial charge in [-0.1, -0.05) is 0 Å². The smallest absolute Gasteiger partial charge is 0.320 e. The van der Waals surface area contributed by atoms with Crippen molar-refractivity contribution in [2.24, 2.45) is 5.92 Å². The Morgan fingerprint density at radius 3 is 2.83 bits per heavy atom. The third-order valence-electron chi connectivity index (χ3n) is 1.91. The first-order chi connectivity index (χ1) is 5.76. The van der Waals surface area contributed by atoms with Crippen molar-refractivity contribution < 1.29 is 13.9 Å². The Hall–Kier alpha value is -0.640. The summed E-state index contributed by atoms with van der Waals surface area (Å²) in [6.45, 7) is 3.60. The Bertz CT molecular complexity index is 157. The Labute approximate surface area is 71.5 Å². The molecule has 1 aliphatic heterocycles. The SMILES string of the molecule is CCOC(=O)CN1CC(CF)C1. The van der Waals surface area contributed by atoms with Gasteiger partial charge in [0.25, 0.3) is 0 Å². The van der Waals surface area contributed by atoms with Crippen LogP contribution in [0, 0.1) is 5.92 Å². The molecule has 0 amide bonds. The summed E-state index contributed by atoms with van der Waals surface area (Å²) in [6, 6.07) is 0. The number of carbonyl (C=O) groups excluding carboxylic acids is 1. The highest BCUT2D eigenvalue weighted by Gasteiger charge is 2.27. The minimum atomic E-state index is -0.278. The molecule has 0 saturated carbocycles. The van der Waals surface area contributed by atoms with Crippen molar-refractivity contribution in [2.75, 3.05) is 32.9 Å². The van der Waals surface area contributed by atoms with Crippen molar-refractivity contribution in [3.63, 3.8) is 0 Å². The molecule has 0 radical (unpaired) electrons. The van der Waals surface area contributed by atoms with E-state index in [4.69, 9.17) is 4.74 Å². The lowest BCUT2D eigenvalue weighted by atomic mass is 10.0. The van der Waals surface area contributed by atoms with Crippen LogP contribution in [0.15, 0.2) is 0 Å². The van der Waals surface area contributed by atoms with Crippen molar-refractivity contribution in [3.8, 4) is 0 Å².